The molecule has 0 aromatic heterocycles. The second-order valence-corrected chi connectivity index (χ2v) is 2.64. The summed E-state index contributed by atoms with van der Waals surface area (Å²) in [6.07, 6.45) is 4.38. The number of Topliss-reactive ketones (excluding diaryl/α,β-unsaturated/α-hetero) is 1. The lowest BCUT2D eigenvalue weighted by molar-refractivity contribution is -0.117. The van der Waals surface area contributed by atoms with Gasteiger partial charge in [0, 0.05) is 12.8 Å². The zero-order valence-corrected chi connectivity index (χ0v) is 6.88. The van der Waals surface area contributed by atoms with Gasteiger partial charge >= 0.3 is 0 Å². The molecule has 0 aliphatic heterocycles. The smallest absolute Gasteiger partial charge is 0.129 e. The predicted octanol–water partition coefficient (Wildman–Crippen LogP) is 1.75. The summed E-state index contributed by atoms with van der Waals surface area (Å²) in [4.78, 5) is 20.6. The summed E-state index contributed by atoms with van der Waals surface area (Å²) in [5.41, 5.74) is 0. The van der Waals surface area contributed by atoms with Crippen molar-refractivity contribution in [2.45, 2.75) is 26.2 Å². The van der Waals surface area contributed by atoms with Crippen LogP contribution in [-0.2, 0) is 9.59 Å². The van der Waals surface area contributed by atoms with E-state index in [-0.39, 0.29) is 11.7 Å². The highest BCUT2D eigenvalue weighted by molar-refractivity contribution is 5.75. The van der Waals surface area contributed by atoms with Crippen molar-refractivity contribution in [3.63, 3.8) is 0 Å². The summed E-state index contributed by atoms with van der Waals surface area (Å²) in [5.74, 6) is 0.346. The number of allylic oxidation sites excluding steroid dienone is 1. The maximum absolute atomic E-state index is 10.5. The lowest BCUT2D eigenvalue weighted by Gasteiger charge is -2.05. The van der Waals surface area contributed by atoms with E-state index >= 15 is 0 Å². The van der Waals surface area contributed by atoms with E-state index in [0.29, 0.717) is 12.8 Å². The molecule has 0 radical (unpaired) electrons. The maximum Gasteiger partial charge on any atom is 0.129 e. The molecule has 0 unspecified atom stereocenters. The van der Waals surface area contributed by atoms with Gasteiger partial charge in [-0.15, -0.1) is 6.58 Å². The van der Waals surface area contributed by atoms with Gasteiger partial charge in [0.05, 0.1) is 0 Å². The van der Waals surface area contributed by atoms with Gasteiger partial charge < -0.3 is 9.59 Å². The fourth-order valence-electron chi connectivity index (χ4n) is 0.844. The minimum Gasteiger partial charge on any atom is -0.303 e. The van der Waals surface area contributed by atoms with Crippen molar-refractivity contribution in [1.82, 2.24) is 0 Å². The summed E-state index contributed by atoms with van der Waals surface area (Å²) in [5, 5.41) is 0. The topological polar surface area (TPSA) is 34.1 Å². The van der Waals surface area contributed by atoms with Gasteiger partial charge in [0.25, 0.3) is 0 Å². The Balaban J connectivity index is 3.59. The molecular weight excluding hydrogens is 140 g/mol. The van der Waals surface area contributed by atoms with Gasteiger partial charge in [-0.1, -0.05) is 6.08 Å². The highest BCUT2D eigenvalue weighted by atomic mass is 16.1. The first-order valence-electron chi connectivity index (χ1n) is 3.76. The van der Waals surface area contributed by atoms with Crippen LogP contribution < -0.4 is 0 Å². The van der Waals surface area contributed by atoms with Crippen LogP contribution >= 0.6 is 0 Å². The van der Waals surface area contributed by atoms with Crippen LogP contribution in [0.5, 0.6) is 0 Å². The van der Waals surface area contributed by atoms with E-state index in [1.165, 1.54) is 0 Å². The standard InChI is InChI=1S/C9H14O2/c1-3-9(6-7-10)5-4-8(2)11/h3,7,9H,1,4-6H2,2H3/t9-/m1/s1. The molecule has 1 atom stereocenters. The van der Waals surface area contributed by atoms with E-state index in [4.69, 9.17) is 0 Å². The zero-order chi connectivity index (χ0) is 8.69. The molecule has 2 nitrogen and oxygen atoms in total. The lowest BCUT2D eigenvalue weighted by Crippen LogP contribution is -2.00. The van der Waals surface area contributed by atoms with Crippen LogP contribution in [0.3, 0.4) is 0 Å². The molecule has 11 heavy (non-hydrogen) atoms. The van der Waals surface area contributed by atoms with Gasteiger partial charge in [-0.25, -0.2) is 0 Å². The van der Waals surface area contributed by atoms with Gasteiger partial charge in [0.15, 0.2) is 0 Å². The third-order valence-electron chi connectivity index (χ3n) is 1.60. The molecule has 0 saturated carbocycles. The minimum atomic E-state index is 0.169. The second-order valence-electron chi connectivity index (χ2n) is 2.64. The Hall–Kier alpha value is -0.920. The largest absolute Gasteiger partial charge is 0.303 e. The number of rotatable bonds is 6. The van der Waals surface area contributed by atoms with Gasteiger partial charge in [-0.05, 0) is 19.3 Å². The Morgan fingerprint density at radius 2 is 2.27 bits per heavy atom. The quantitative estimate of drug-likeness (QED) is 0.431. The monoisotopic (exact) mass is 154 g/mol. The Morgan fingerprint density at radius 3 is 2.64 bits per heavy atom. The number of hydrogen-bond acceptors (Lipinski definition) is 2. The third kappa shape index (κ3) is 5.52. The fourth-order valence-corrected chi connectivity index (χ4v) is 0.844. The van der Waals surface area contributed by atoms with Crippen LogP contribution in [0.4, 0.5) is 0 Å². The van der Waals surface area contributed by atoms with E-state index < -0.39 is 0 Å². The maximum atomic E-state index is 10.5. The van der Waals surface area contributed by atoms with Gasteiger partial charge in [0.1, 0.15) is 12.1 Å². The highest BCUT2D eigenvalue weighted by Gasteiger charge is 2.03. The molecule has 0 aliphatic rings. The van der Waals surface area contributed by atoms with Crippen molar-refractivity contribution in [3.05, 3.63) is 12.7 Å². The molecule has 0 spiro atoms. The number of ketones is 1. The second kappa shape index (κ2) is 5.83. The van der Waals surface area contributed by atoms with Crippen molar-refractivity contribution in [1.29, 1.82) is 0 Å². The average Bonchev–Trinajstić information content (AvgIpc) is 1.97. The molecular formula is C9H14O2. The molecule has 0 heterocycles. The van der Waals surface area contributed by atoms with E-state index in [9.17, 15) is 9.59 Å². The molecule has 2 heteroatoms. The van der Waals surface area contributed by atoms with Crippen molar-refractivity contribution in [2.75, 3.05) is 0 Å². The number of carbonyl (C=O) groups excluding carboxylic acids is 2. The van der Waals surface area contributed by atoms with E-state index in [0.717, 1.165) is 12.7 Å². The molecule has 62 valence electrons. The normalized spacial score (nSPS) is 12.1. The Bertz CT molecular complexity index is 150. The first-order chi connectivity index (χ1) is 5.20. The first kappa shape index (κ1) is 10.1. The minimum absolute atomic E-state index is 0.169. The number of hydrogen-bond donors (Lipinski definition) is 0. The van der Waals surface area contributed by atoms with E-state index in [1.54, 1.807) is 13.0 Å². The van der Waals surface area contributed by atoms with Crippen LogP contribution in [0.15, 0.2) is 12.7 Å². The Labute approximate surface area is 67.3 Å². The number of aldehydes is 1. The van der Waals surface area contributed by atoms with E-state index in [1.807, 2.05) is 0 Å². The molecule has 0 rings (SSSR count). The summed E-state index contributed by atoms with van der Waals surface area (Å²) >= 11 is 0. The highest BCUT2D eigenvalue weighted by Crippen LogP contribution is 2.10. The van der Waals surface area contributed by atoms with Crippen molar-refractivity contribution >= 4 is 12.1 Å². The third-order valence-corrected chi connectivity index (χ3v) is 1.60. The summed E-state index contributed by atoms with van der Waals surface area (Å²) in [7, 11) is 0. The Morgan fingerprint density at radius 1 is 1.64 bits per heavy atom. The fraction of sp³-hybridized carbons (Fsp3) is 0.556. The summed E-state index contributed by atoms with van der Waals surface area (Å²) in [6.45, 7) is 5.14. The van der Waals surface area contributed by atoms with Crippen molar-refractivity contribution in [3.8, 4) is 0 Å². The molecule has 0 amide bonds. The van der Waals surface area contributed by atoms with Crippen LogP contribution in [-0.4, -0.2) is 12.1 Å². The number of carbonyl (C=O) groups is 2. The predicted molar refractivity (Wildman–Crippen MR) is 44.3 cm³/mol. The molecule has 0 saturated heterocycles. The first-order valence-corrected chi connectivity index (χ1v) is 3.76. The van der Waals surface area contributed by atoms with Crippen LogP contribution in [0, 0.1) is 5.92 Å². The molecule has 0 aliphatic carbocycles. The average molecular weight is 154 g/mol. The molecule has 0 aromatic carbocycles. The molecule has 0 N–H and O–H groups in total. The van der Waals surface area contributed by atoms with E-state index in [2.05, 4.69) is 6.58 Å². The molecule has 0 bridgehead atoms. The van der Waals surface area contributed by atoms with Crippen LogP contribution in [0.1, 0.15) is 26.2 Å². The lowest BCUT2D eigenvalue weighted by atomic mass is 9.99. The van der Waals surface area contributed by atoms with Crippen LogP contribution in [0.2, 0.25) is 0 Å². The zero-order valence-electron chi connectivity index (χ0n) is 6.88. The summed E-state index contributed by atoms with van der Waals surface area (Å²) < 4.78 is 0. The van der Waals surface area contributed by atoms with Gasteiger partial charge in [0.2, 0.25) is 0 Å². The van der Waals surface area contributed by atoms with Crippen molar-refractivity contribution < 1.29 is 9.59 Å². The van der Waals surface area contributed by atoms with Gasteiger partial charge in [-0.2, -0.15) is 0 Å². The Kier molecular flexibility index (Phi) is 5.35. The van der Waals surface area contributed by atoms with Gasteiger partial charge in [-0.3, -0.25) is 0 Å². The summed E-state index contributed by atoms with van der Waals surface area (Å²) in [6, 6.07) is 0. The van der Waals surface area contributed by atoms with Crippen molar-refractivity contribution in [2.24, 2.45) is 5.92 Å². The SMILES string of the molecule is C=C[C@@H](CC=O)CCC(C)=O. The molecule has 0 aromatic rings. The molecule has 0 fully saturated rings. The van der Waals surface area contributed by atoms with Crippen LogP contribution in [0.25, 0.3) is 0 Å².